The van der Waals surface area contributed by atoms with Crippen molar-refractivity contribution in [2.24, 2.45) is 0 Å². The quantitative estimate of drug-likeness (QED) is 0.499. The van der Waals surface area contributed by atoms with E-state index < -0.39 is 17.7 Å². The van der Waals surface area contributed by atoms with Gasteiger partial charge in [0.1, 0.15) is 21.5 Å². The summed E-state index contributed by atoms with van der Waals surface area (Å²) in [6.45, 7) is 3.74. The highest BCUT2D eigenvalue weighted by Gasteiger charge is 2.28. The van der Waals surface area contributed by atoms with Gasteiger partial charge in [-0.3, -0.25) is 4.79 Å². The second-order valence-corrected chi connectivity index (χ2v) is 9.43. The topological polar surface area (TPSA) is 96.4 Å². The van der Waals surface area contributed by atoms with Crippen LogP contribution in [0, 0.1) is 0 Å². The second-order valence-electron chi connectivity index (χ2n) is 8.45. The molecular formula is C23H27FN4O3S. The largest absolute Gasteiger partial charge is 0.387 e. The monoisotopic (exact) mass is 458 g/mol. The molecule has 1 atom stereocenters. The molecule has 0 spiro atoms. The molecule has 1 saturated heterocycles. The highest BCUT2D eigenvalue weighted by Crippen LogP contribution is 2.35. The molecule has 1 aliphatic rings. The number of pyridine rings is 1. The highest BCUT2D eigenvalue weighted by molar-refractivity contribution is 7.21. The van der Waals surface area contributed by atoms with Crippen LogP contribution in [0.3, 0.4) is 0 Å². The standard InChI is InChI=1S/C23H27FN4O3S/c1-23(2,30)17(24)13-25-20(29)16-12-26-22-19(18(16)27-15-8-10-31-11-9-15)28-21(32-22)14-6-4-3-5-7-14/h3-7,12,15,17,30H,8-11,13H2,1-2H3,(H,25,29)(H,26,27)/t17-/m1/s1. The number of fused-ring (bicyclic) bond motifs is 1. The van der Waals surface area contributed by atoms with Gasteiger partial charge in [-0.1, -0.05) is 41.7 Å². The normalized spacial score (nSPS) is 16.1. The lowest BCUT2D eigenvalue weighted by atomic mass is 10.0. The molecule has 170 valence electrons. The van der Waals surface area contributed by atoms with Crippen molar-refractivity contribution in [1.29, 1.82) is 0 Å². The van der Waals surface area contributed by atoms with Crippen molar-refractivity contribution in [3.8, 4) is 10.6 Å². The maximum Gasteiger partial charge on any atom is 0.255 e. The van der Waals surface area contributed by atoms with Crippen LogP contribution < -0.4 is 10.6 Å². The summed E-state index contributed by atoms with van der Waals surface area (Å²) in [5, 5.41) is 16.7. The minimum Gasteiger partial charge on any atom is -0.387 e. The lowest BCUT2D eigenvalue weighted by Crippen LogP contribution is -2.42. The predicted molar refractivity (Wildman–Crippen MR) is 124 cm³/mol. The zero-order valence-electron chi connectivity index (χ0n) is 18.1. The van der Waals surface area contributed by atoms with Gasteiger partial charge in [0.25, 0.3) is 5.91 Å². The lowest BCUT2D eigenvalue weighted by Gasteiger charge is -2.25. The van der Waals surface area contributed by atoms with Gasteiger partial charge in [0, 0.05) is 31.0 Å². The van der Waals surface area contributed by atoms with E-state index in [0.717, 1.165) is 28.2 Å². The summed E-state index contributed by atoms with van der Waals surface area (Å²) in [6, 6.07) is 9.94. The van der Waals surface area contributed by atoms with Gasteiger partial charge in [-0.25, -0.2) is 14.4 Å². The van der Waals surface area contributed by atoms with Crippen LogP contribution in [-0.4, -0.2) is 58.6 Å². The molecule has 3 aromatic rings. The molecule has 0 unspecified atom stereocenters. The summed E-state index contributed by atoms with van der Waals surface area (Å²) in [6.07, 6.45) is 1.53. The van der Waals surface area contributed by atoms with E-state index in [1.807, 2.05) is 30.3 Å². The van der Waals surface area contributed by atoms with Crippen LogP contribution >= 0.6 is 11.3 Å². The molecule has 0 bridgehead atoms. The number of rotatable bonds is 7. The number of aromatic nitrogens is 2. The Labute approximate surface area is 190 Å². The Hall–Kier alpha value is -2.62. The van der Waals surface area contributed by atoms with Crippen LogP contribution in [0.4, 0.5) is 10.1 Å². The fraction of sp³-hybridized carbons (Fsp3) is 0.435. The summed E-state index contributed by atoms with van der Waals surface area (Å²) >= 11 is 1.46. The molecule has 1 fully saturated rings. The zero-order chi connectivity index (χ0) is 22.7. The van der Waals surface area contributed by atoms with Crippen molar-refractivity contribution in [3.05, 3.63) is 42.1 Å². The molecule has 1 amide bonds. The van der Waals surface area contributed by atoms with E-state index in [9.17, 15) is 14.3 Å². The molecule has 32 heavy (non-hydrogen) atoms. The minimum absolute atomic E-state index is 0.132. The maximum atomic E-state index is 14.2. The highest BCUT2D eigenvalue weighted by atomic mass is 32.1. The van der Waals surface area contributed by atoms with E-state index in [1.165, 1.54) is 31.4 Å². The average molecular weight is 459 g/mol. The number of hydrogen-bond acceptors (Lipinski definition) is 7. The van der Waals surface area contributed by atoms with Crippen molar-refractivity contribution in [1.82, 2.24) is 15.3 Å². The van der Waals surface area contributed by atoms with Gasteiger partial charge in [0.2, 0.25) is 0 Å². The SMILES string of the molecule is CC(C)(O)[C@H](F)CNC(=O)c1cnc2sc(-c3ccccc3)nc2c1NC1CCOCC1. The fourth-order valence-electron chi connectivity index (χ4n) is 3.47. The van der Waals surface area contributed by atoms with E-state index in [1.54, 1.807) is 0 Å². The Bertz CT molecular complexity index is 1080. The first-order valence-electron chi connectivity index (χ1n) is 10.7. The van der Waals surface area contributed by atoms with Crippen LogP contribution in [-0.2, 0) is 4.74 Å². The van der Waals surface area contributed by atoms with E-state index in [4.69, 9.17) is 9.72 Å². The molecular weight excluding hydrogens is 431 g/mol. The number of alkyl halides is 1. The number of benzene rings is 1. The number of nitrogens with zero attached hydrogens (tertiary/aromatic N) is 2. The Morgan fingerprint density at radius 3 is 2.72 bits per heavy atom. The van der Waals surface area contributed by atoms with Crippen LogP contribution in [0.1, 0.15) is 37.0 Å². The van der Waals surface area contributed by atoms with Gasteiger partial charge in [-0.15, -0.1) is 0 Å². The number of ether oxygens (including phenoxy) is 1. The Kier molecular flexibility index (Phi) is 6.68. The molecule has 4 rings (SSSR count). The number of halogens is 1. The smallest absolute Gasteiger partial charge is 0.255 e. The minimum atomic E-state index is -1.60. The van der Waals surface area contributed by atoms with Gasteiger partial charge < -0.3 is 20.5 Å². The number of anilines is 1. The van der Waals surface area contributed by atoms with Gasteiger partial charge in [0.05, 0.1) is 23.4 Å². The number of carbonyl (C=O) groups excluding carboxylic acids is 1. The average Bonchev–Trinajstić information content (AvgIpc) is 3.23. The van der Waals surface area contributed by atoms with E-state index in [0.29, 0.717) is 30.0 Å². The maximum absolute atomic E-state index is 14.2. The second kappa shape index (κ2) is 9.48. The van der Waals surface area contributed by atoms with E-state index in [2.05, 4.69) is 15.6 Å². The van der Waals surface area contributed by atoms with Gasteiger partial charge in [-0.2, -0.15) is 0 Å². The third kappa shape index (κ3) is 5.06. The fourth-order valence-corrected chi connectivity index (χ4v) is 4.40. The number of hydrogen-bond donors (Lipinski definition) is 3. The summed E-state index contributed by atoms with van der Waals surface area (Å²) in [7, 11) is 0. The molecule has 2 aromatic heterocycles. The predicted octanol–water partition coefficient (Wildman–Crippen LogP) is 3.79. The number of amides is 1. The molecule has 9 heteroatoms. The molecule has 0 radical (unpaired) electrons. The van der Waals surface area contributed by atoms with Crippen molar-refractivity contribution in [2.45, 2.75) is 44.5 Å². The third-order valence-electron chi connectivity index (χ3n) is 5.47. The number of carbonyl (C=O) groups is 1. The first-order valence-corrected chi connectivity index (χ1v) is 11.5. The van der Waals surface area contributed by atoms with E-state index >= 15 is 0 Å². The Morgan fingerprint density at radius 1 is 1.31 bits per heavy atom. The van der Waals surface area contributed by atoms with Crippen LogP contribution in [0.2, 0.25) is 0 Å². The summed E-state index contributed by atoms with van der Waals surface area (Å²) < 4.78 is 19.6. The van der Waals surface area contributed by atoms with Crippen molar-refractivity contribution in [3.63, 3.8) is 0 Å². The molecule has 7 nitrogen and oxygen atoms in total. The van der Waals surface area contributed by atoms with Crippen molar-refractivity contribution in [2.75, 3.05) is 25.1 Å². The first-order chi connectivity index (χ1) is 15.3. The number of aliphatic hydroxyl groups is 1. The third-order valence-corrected chi connectivity index (χ3v) is 6.48. The first kappa shape index (κ1) is 22.6. The van der Waals surface area contributed by atoms with Gasteiger partial charge in [0.15, 0.2) is 0 Å². The molecule has 3 N–H and O–H groups in total. The van der Waals surface area contributed by atoms with Crippen molar-refractivity contribution >= 4 is 33.3 Å². The summed E-state index contributed by atoms with van der Waals surface area (Å²) in [5.74, 6) is -0.463. The molecule has 1 aromatic carbocycles. The van der Waals surface area contributed by atoms with Crippen molar-refractivity contribution < 1.29 is 19.0 Å². The molecule has 1 aliphatic heterocycles. The zero-order valence-corrected chi connectivity index (χ0v) is 18.9. The Balaban J connectivity index is 1.68. The van der Waals surface area contributed by atoms with Crippen LogP contribution in [0.5, 0.6) is 0 Å². The molecule has 3 heterocycles. The number of nitrogens with one attached hydrogen (secondary N) is 2. The Morgan fingerprint density at radius 2 is 2.03 bits per heavy atom. The molecule has 0 aliphatic carbocycles. The number of thiazole rings is 1. The molecule has 0 saturated carbocycles. The van der Waals surface area contributed by atoms with E-state index in [-0.39, 0.29) is 12.6 Å². The van der Waals surface area contributed by atoms with Crippen LogP contribution in [0.15, 0.2) is 36.5 Å². The summed E-state index contributed by atoms with van der Waals surface area (Å²) in [5.41, 5.74) is 0.947. The van der Waals surface area contributed by atoms with Gasteiger partial charge in [-0.05, 0) is 26.7 Å². The van der Waals surface area contributed by atoms with Gasteiger partial charge >= 0.3 is 0 Å². The summed E-state index contributed by atoms with van der Waals surface area (Å²) in [4.78, 5) is 22.9. The lowest BCUT2D eigenvalue weighted by molar-refractivity contribution is -0.00177. The van der Waals surface area contributed by atoms with Crippen LogP contribution in [0.25, 0.3) is 20.9 Å².